The van der Waals surface area contributed by atoms with E-state index in [9.17, 15) is 0 Å². The molecule has 1 aliphatic rings. The van der Waals surface area contributed by atoms with E-state index in [2.05, 4.69) is 99.6 Å². The Labute approximate surface area is 156 Å². The lowest BCUT2D eigenvalue weighted by atomic mass is 9.94. The van der Waals surface area contributed by atoms with Crippen LogP contribution in [0.15, 0.2) is 78.4 Å². The lowest BCUT2D eigenvalue weighted by Crippen LogP contribution is -1.89. The Bertz CT molecular complexity index is 1020. The third-order valence-corrected chi connectivity index (χ3v) is 5.42. The molecule has 0 atom stereocenters. The quantitative estimate of drug-likeness (QED) is 0.467. The molecule has 1 aliphatic carbocycles. The van der Waals surface area contributed by atoms with Crippen molar-refractivity contribution in [3.8, 4) is 11.1 Å². The number of benzene rings is 3. The predicted molar refractivity (Wildman–Crippen MR) is 114 cm³/mol. The van der Waals surface area contributed by atoms with E-state index in [1.807, 2.05) is 0 Å². The SMILES string of the molecule is CCC1=C(C)/C(=C/c2ccccc2-c2ccccc2)c2cccc(C)c21. The zero-order valence-electron chi connectivity index (χ0n) is 15.7. The number of hydrogen-bond donors (Lipinski definition) is 0. The summed E-state index contributed by atoms with van der Waals surface area (Å²) in [5.74, 6) is 0. The maximum Gasteiger partial charge on any atom is -0.0103 e. The van der Waals surface area contributed by atoms with Crippen LogP contribution in [0.4, 0.5) is 0 Å². The Kier molecular flexibility index (Phi) is 4.34. The van der Waals surface area contributed by atoms with Crippen LogP contribution in [0.3, 0.4) is 0 Å². The molecule has 128 valence electrons. The minimum Gasteiger partial charge on any atom is -0.0622 e. The van der Waals surface area contributed by atoms with Crippen molar-refractivity contribution in [1.29, 1.82) is 0 Å². The standard InChI is InChI=1S/C26H24/c1-4-22-19(3)25(24-16-10-11-18(2)26(22)24)17-21-14-8-9-15-23(21)20-12-6-5-7-13-20/h5-17H,4H2,1-3H3/b25-17-. The molecule has 3 aromatic rings. The zero-order valence-corrected chi connectivity index (χ0v) is 15.7. The number of hydrogen-bond acceptors (Lipinski definition) is 0. The second-order valence-corrected chi connectivity index (χ2v) is 6.97. The van der Waals surface area contributed by atoms with Crippen LogP contribution in [-0.4, -0.2) is 0 Å². The molecule has 3 aromatic carbocycles. The van der Waals surface area contributed by atoms with E-state index in [1.54, 1.807) is 0 Å². The first-order chi connectivity index (χ1) is 12.7. The molecule has 4 rings (SSSR count). The Morgan fingerprint density at radius 3 is 2.19 bits per heavy atom. The summed E-state index contributed by atoms with van der Waals surface area (Å²) in [6.45, 7) is 6.76. The van der Waals surface area contributed by atoms with Crippen molar-refractivity contribution < 1.29 is 0 Å². The van der Waals surface area contributed by atoms with Gasteiger partial charge in [0.05, 0.1) is 0 Å². The normalized spacial score (nSPS) is 14.8. The van der Waals surface area contributed by atoms with Crippen LogP contribution in [0.25, 0.3) is 28.3 Å². The van der Waals surface area contributed by atoms with E-state index in [1.165, 1.54) is 50.1 Å². The van der Waals surface area contributed by atoms with Gasteiger partial charge < -0.3 is 0 Å². The average Bonchev–Trinajstić information content (AvgIpc) is 2.95. The van der Waals surface area contributed by atoms with Gasteiger partial charge in [0.2, 0.25) is 0 Å². The molecule has 0 heteroatoms. The summed E-state index contributed by atoms with van der Waals surface area (Å²) in [4.78, 5) is 0. The fourth-order valence-electron chi connectivity index (χ4n) is 4.13. The van der Waals surface area contributed by atoms with E-state index in [4.69, 9.17) is 0 Å². The van der Waals surface area contributed by atoms with E-state index in [0.717, 1.165) is 6.42 Å². The summed E-state index contributed by atoms with van der Waals surface area (Å²) in [6.07, 6.45) is 3.44. The van der Waals surface area contributed by atoms with Gasteiger partial charge in [0.15, 0.2) is 0 Å². The largest absolute Gasteiger partial charge is 0.0622 e. The van der Waals surface area contributed by atoms with Gasteiger partial charge in [-0.05, 0) is 76.4 Å². The highest BCUT2D eigenvalue weighted by Crippen LogP contribution is 2.45. The van der Waals surface area contributed by atoms with Crippen molar-refractivity contribution in [3.63, 3.8) is 0 Å². The summed E-state index contributed by atoms with van der Waals surface area (Å²) in [5.41, 5.74) is 12.3. The Hall–Kier alpha value is -2.86. The van der Waals surface area contributed by atoms with Crippen LogP contribution in [0.1, 0.15) is 42.5 Å². The van der Waals surface area contributed by atoms with Crippen molar-refractivity contribution >= 4 is 17.2 Å². The average molecular weight is 336 g/mol. The van der Waals surface area contributed by atoms with Crippen LogP contribution in [0, 0.1) is 6.92 Å². The Morgan fingerprint density at radius 2 is 1.42 bits per heavy atom. The highest BCUT2D eigenvalue weighted by atomic mass is 14.3. The van der Waals surface area contributed by atoms with Gasteiger partial charge in [-0.1, -0.05) is 79.7 Å². The second-order valence-electron chi connectivity index (χ2n) is 6.97. The van der Waals surface area contributed by atoms with Crippen LogP contribution < -0.4 is 0 Å². The Balaban J connectivity index is 1.92. The van der Waals surface area contributed by atoms with Crippen molar-refractivity contribution in [3.05, 3.63) is 101 Å². The van der Waals surface area contributed by atoms with Gasteiger partial charge in [-0.25, -0.2) is 0 Å². The summed E-state index contributed by atoms with van der Waals surface area (Å²) in [7, 11) is 0. The second kappa shape index (κ2) is 6.80. The summed E-state index contributed by atoms with van der Waals surface area (Å²) < 4.78 is 0. The topological polar surface area (TPSA) is 0 Å². The molecular weight excluding hydrogens is 312 g/mol. The van der Waals surface area contributed by atoms with Gasteiger partial charge in [-0.3, -0.25) is 0 Å². The van der Waals surface area contributed by atoms with Gasteiger partial charge in [0.1, 0.15) is 0 Å². The molecule has 0 radical (unpaired) electrons. The number of aryl methyl sites for hydroxylation is 1. The first kappa shape index (κ1) is 16.6. The van der Waals surface area contributed by atoms with Crippen LogP contribution in [0.2, 0.25) is 0 Å². The maximum atomic E-state index is 2.37. The molecule has 0 heterocycles. The first-order valence-electron chi connectivity index (χ1n) is 9.37. The third kappa shape index (κ3) is 2.72. The van der Waals surface area contributed by atoms with Crippen molar-refractivity contribution in [2.75, 3.05) is 0 Å². The number of rotatable bonds is 3. The molecule has 0 saturated heterocycles. The lowest BCUT2D eigenvalue weighted by molar-refractivity contribution is 1.22. The fraction of sp³-hybridized carbons (Fsp3) is 0.154. The van der Waals surface area contributed by atoms with Crippen LogP contribution in [-0.2, 0) is 0 Å². The van der Waals surface area contributed by atoms with Crippen molar-refractivity contribution in [2.24, 2.45) is 0 Å². The molecule has 0 spiro atoms. The summed E-state index contributed by atoms with van der Waals surface area (Å²) in [6, 6.07) is 26.0. The molecule has 0 amide bonds. The molecule has 0 saturated carbocycles. The van der Waals surface area contributed by atoms with E-state index in [0.29, 0.717) is 0 Å². The van der Waals surface area contributed by atoms with Gasteiger partial charge >= 0.3 is 0 Å². The third-order valence-electron chi connectivity index (χ3n) is 5.42. The minimum atomic E-state index is 1.07. The van der Waals surface area contributed by atoms with Gasteiger partial charge in [0.25, 0.3) is 0 Å². The van der Waals surface area contributed by atoms with E-state index < -0.39 is 0 Å². The highest BCUT2D eigenvalue weighted by Gasteiger charge is 2.23. The molecule has 0 nitrogen and oxygen atoms in total. The predicted octanol–water partition coefficient (Wildman–Crippen LogP) is 7.40. The highest BCUT2D eigenvalue weighted by molar-refractivity contribution is 6.06. The monoisotopic (exact) mass is 336 g/mol. The maximum absolute atomic E-state index is 2.37. The Morgan fingerprint density at radius 1 is 0.731 bits per heavy atom. The van der Waals surface area contributed by atoms with E-state index >= 15 is 0 Å². The lowest BCUT2D eigenvalue weighted by Gasteiger charge is -2.10. The summed E-state index contributed by atoms with van der Waals surface area (Å²) >= 11 is 0. The van der Waals surface area contributed by atoms with Gasteiger partial charge in [-0.15, -0.1) is 0 Å². The van der Waals surface area contributed by atoms with Gasteiger partial charge in [0, 0.05) is 0 Å². The molecule has 26 heavy (non-hydrogen) atoms. The minimum absolute atomic E-state index is 1.07. The zero-order chi connectivity index (χ0) is 18.1. The fourth-order valence-corrected chi connectivity index (χ4v) is 4.13. The number of fused-ring (bicyclic) bond motifs is 1. The molecule has 0 unspecified atom stereocenters. The van der Waals surface area contributed by atoms with Gasteiger partial charge in [-0.2, -0.15) is 0 Å². The smallest absolute Gasteiger partial charge is 0.0103 e. The molecule has 0 bridgehead atoms. The van der Waals surface area contributed by atoms with Crippen LogP contribution >= 0.6 is 0 Å². The first-order valence-corrected chi connectivity index (χ1v) is 9.37. The molecule has 0 fully saturated rings. The van der Waals surface area contributed by atoms with Crippen molar-refractivity contribution in [1.82, 2.24) is 0 Å². The molecule has 0 N–H and O–H groups in total. The van der Waals surface area contributed by atoms with Crippen molar-refractivity contribution in [2.45, 2.75) is 27.2 Å². The molecule has 0 aromatic heterocycles. The molecule has 0 aliphatic heterocycles. The number of allylic oxidation sites excluding steroid dienone is 3. The van der Waals surface area contributed by atoms with E-state index in [-0.39, 0.29) is 0 Å². The molecular formula is C26H24. The van der Waals surface area contributed by atoms with Crippen LogP contribution in [0.5, 0.6) is 0 Å². The summed E-state index contributed by atoms with van der Waals surface area (Å²) in [5, 5.41) is 0.